The molecule has 0 radical (unpaired) electrons. The third-order valence-electron chi connectivity index (χ3n) is 3.86. The van der Waals surface area contributed by atoms with Crippen LogP contribution in [-0.4, -0.2) is 47.7 Å². The van der Waals surface area contributed by atoms with E-state index in [4.69, 9.17) is 4.18 Å². The van der Waals surface area contributed by atoms with E-state index in [1.165, 1.54) is 12.1 Å². The Labute approximate surface area is 167 Å². The van der Waals surface area contributed by atoms with Crippen molar-refractivity contribution in [3.05, 3.63) is 58.7 Å². The zero-order valence-electron chi connectivity index (χ0n) is 16.0. The molecule has 0 spiro atoms. The van der Waals surface area contributed by atoms with Gasteiger partial charge in [-0.25, -0.2) is 14.4 Å². The summed E-state index contributed by atoms with van der Waals surface area (Å²) in [5.41, 5.74) is -0.516. The number of hydrogen-bond acceptors (Lipinski definition) is 9. The maximum atomic E-state index is 12.7. The van der Waals surface area contributed by atoms with Crippen LogP contribution >= 0.6 is 0 Å². The molecule has 0 aliphatic rings. The third-order valence-corrected chi connectivity index (χ3v) is 5.10. The Balaban J connectivity index is 2.77. The number of hydrogen-bond donors (Lipinski definition) is 0. The van der Waals surface area contributed by atoms with Crippen LogP contribution in [0.4, 0.5) is 0 Å². The molecular formula is C19H18O9S. The first kappa shape index (κ1) is 21.9. The maximum absolute atomic E-state index is 12.7. The Morgan fingerprint density at radius 2 is 1.21 bits per heavy atom. The topological polar surface area (TPSA) is 122 Å². The summed E-state index contributed by atoms with van der Waals surface area (Å²) in [6.45, 7) is 1.77. The van der Waals surface area contributed by atoms with Gasteiger partial charge < -0.3 is 18.4 Å². The SMILES string of the molecule is COC(=O)c1ccc(C(=O)OC)c(C(=O)OC)c1OS(=O)(=O)c1ccc(C)cc1. The monoisotopic (exact) mass is 422 g/mol. The summed E-state index contributed by atoms with van der Waals surface area (Å²) in [5.74, 6) is -3.75. The highest BCUT2D eigenvalue weighted by Crippen LogP contribution is 2.32. The molecule has 0 amide bonds. The van der Waals surface area contributed by atoms with Crippen molar-refractivity contribution in [2.24, 2.45) is 0 Å². The van der Waals surface area contributed by atoms with E-state index in [2.05, 4.69) is 14.2 Å². The lowest BCUT2D eigenvalue weighted by atomic mass is 10.0. The molecule has 0 bridgehead atoms. The molecule has 29 heavy (non-hydrogen) atoms. The number of ether oxygens (including phenoxy) is 3. The van der Waals surface area contributed by atoms with E-state index in [-0.39, 0.29) is 10.5 Å². The molecule has 9 nitrogen and oxygen atoms in total. The molecule has 0 aliphatic heterocycles. The minimum absolute atomic E-state index is 0.224. The molecular weight excluding hydrogens is 404 g/mol. The molecule has 0 aliphatic carbocycles. The van der Waals surface area contributed by atoms with E-state index in [1.807, 2.05) is 0 Å². The van der Waals surface area contributed by atoms with E-state index < -0.39 is 44.9 Å². The van der Waals surface area contributed by atoms with E-state index >= 15 is 0 Å². The van der Waals surface area contributed by atoms with Crippen LogP contribution in [0.25, 0.3) is 0 Å². The van der Waals surface area contributed by atoms with Gasteiger partial charge in [0.2, 0.25) is 0 Å². The summed E-state index contributed by atoms with van der Waals surface area (Å²) >= 11 is 0. The first-order chi connectivity index (χ1) is 13.7. The van der Waals surface area contributed by atoms with E-state index in [1.54, 1.807) is 19.1 Å². The molecule has 2 rings (SSSR count). The zero-order valence-corrected chi connectivity index (χ0v) is 16.9. The van der Waals surface area contributed by atoms with Gasteiger partial charge in [0.15, 0.2) is 5.75 Å². The predicted molar refractivity (Wildman–Crippen MR) is 99.5 cm³/mol. The van der Waals surface area contributed by atoms with Crippen LogP contribution in [0.5, 0.6) is 5.75 Å². The molecule has 0 heterocycles. The van der Waals surface area contributed by atoms with Crippen molar-refractivity contribution in [3.63, 3.8) is 0 Å². The normalized spacial score (nSPS) is 10.8. The van der Waals surface area contributed by atoms with Gasteiger partial charge >= 0.3 is 28.0 Å². The van der Waals surface area contributed by atoms with Gasteiger partial charge in [-0.05, 0) is 31.2 Å². The van der Waals surface area contributed by atoms with Crippen LogP contribution in [0.15, 0.2) is 41.3 Å². The Bertz CT molecular complexity index is 1050. The van der Waals surface area contributed by atoms with Gasteiger partial charge in [-0.1, -0.05) is 17.7 Å². The van der Waals surface area contributed by atoms with Gasteiger partial charge in [-0.15, -0.1) is 0 Å². The number of methoxy groups -OCH3 is 3. The molecule has 0 atom stereocenters. The fourth-order valence-electron chi connectivity index (χ4n) is 2.39. The number of benzene rings is 2. The number of esters is 3. The van der Waals surface area contributed by atoms with Gasteiger partial charge in [-0.3, -0.25) is 0 Å². The third kappa shape index (κ3) is 4.54. The van der Waals surface area contributed by atoms with Crippen LogP contribution in [0.3, 0.4) is 0 Å². The minimum Gasteiger partial charge on any atom is -0.465 e. The standard InChI is InChI=1S/C19H18O9S/c1-11-5-7-12(8-6-11)29(23,24)28-16-14(18(21)26-3)10-9-13(17(20)25-2)15(16)19(22)27-4/h5-10H,1-4H3. The minimum atomic E-state index is -4.48. The lowest BCUT2D eigenvalue weighted by Gasteiger charge is -2.16. The Kier molecular flexibility index (Phi) is 6.60. The number of carbonyl (C=O) groups excluding carboxylic acids is 3. The molecule has 0 saturated heterocycles. The first-order valence-electron chi connectivity index (χ1n) is 8.09. The summed E-state index contributed by atoms with van der Waals surface area (Å²) in [7, 11) is -1.32. The van der Waals surface area contributed by atoms with E-state index in [0.717, 1.165) is 39.0 Å². The highest BCUT2D eigenvalue weighted by molar-refractivity contribution is 7.87. The molecule has 0 saturated carbocycles. The van der Waals surface area contributed by atoms with Gasteiger partial charge in [0.1, 0.15) is 16.0 Å². The summed E-state index contributed by atoms with van der Waals surface area (Å²) in [5, 5.41) is 0. The lowest BCUT2D eigenvalue weighted by Crippen LogP contribution is -2.20. The van der Waals surface area contributed by atoms with Crippen molar-refractivity contribution in [1.29, 1.82) is 0 Å². The summed E-state index contributed by atoms with van der Waals surface area (Å²) in [4.78, 5) is 36.4. The van der Waals surface area contributed by atoms with Gasteiger partial charge in [0.05, 0.1) is 26.9 Å². The van der Waals surface area contributed by atoms with Crippen molar-refractivity contribution in [1.82, 2.24) is 0 Å². The number of aryl methyl sites for hydroxylation is 1. The predicted octanol–water partition coefficient (Wildman–Crippen LogP) is 2.12. The molecule has 154 valence electrons. The lowest BCUT2D eigenvalue weighted by molar-refractivity contribution is 0.0550. The second-order valence-corrected chi connectivity index (χ2v) is 7.24. The van der Waals surface area contributed by atoms with Crippen LogP contribution in [0, 0.1) is 6.92 Å². The first-order valence-corrected chi connectivity index (χ1v) is 9.50. The summed E-state index contributed by atoms with van der Waals surface area (Å²) in [6, 6.07) is 7.88. The van der Waals surface area contributed by atoms with Crippen LogP contribution < -0.4 is 4.18 Å². The molecule has 2 aromatic rings. The molecule has 0 aromatic heterocycles. The second kappa shape index (κ2) is 8.74. The maximum Gasteiger partial charge on any atom is 0.342 e. The summed E-state index contributed by atoms with van der Waals surface area (Å²) < 4.78 is 44.5. The second-order valence-electron chi connectivity index (χ2n) is 5.69. The van der Waals surface area contributed by atoms with Crippen molar-refractivity contribution in [2.75, 3.05) is 21.3 Å². The quantitative estimate of drug-likeness (QED) is 0.391. The molecule has 0 unspecified atom stereocenters. The summed E-state index contributed by atoms with van der Waals surface area (Å²) in [6.07, 6.45) is 0. The van der Waals surface area contributed by atoms with Crippen LogP contribution in [0.2, 0.25) is 0 Å². The van der Waals surface area contributed by atoms with Gasteiger partial charge in [0.25, 0.3) is 0 Å². The molecule has 0 fully saturated rings. The van der Waals surface area contributed by atoms with Gasteiger partial charge in [-0.2, -0.15) is 8.42 Å². The molecule has 0 N–H and O–H groups in total. The van der Waals surface area contributed by atoms with Crippen molar-refractivity contribution in [3.8, 4) is 5.75 Å². The number of carbonyl (C=O) groups is 3. The molecule has 10 heteroatoms. The van der Waals surface area contributed by atoms with Crippen molar-refractivity contribution >= 4 is 28.0 Å². The average molecular weight is 422 g/mol. The Hall–Kier alpha value is -3.40. The smallest absolute Gasteiger partial charge is 0.342 e. The fraction of sp³-hybridized carbons (Fsp3) is 0.211. The van der Waals surface area contributed by atoms with E-state index in [0.29, 0.717) is 0 Å². The van der Waals surface area contributed by atoms with Crippen LogP contribution in [0.1, 0.15) is 36.6 Å². The fourth-order valence-corrected chi connectivity index (χ4v) is 3.35. The van der Waals surface area contributed by atoms with Crippen molar-refractivity contribution < 1.29 is 41.2 Å². The zero-order chi connectivity index (χ0) is 21.8. The van der Waals surface area contributed by atoms with Crippen molar-refractivity contribution in [2.45, 2.75) is 11.8 Å². The Morgan fingerprint density at radius 3 is 1.72 bits per heavy atom. The number of rotatable bonds is 6. The molecule has 2 aromatic carbocycles. The van der Waals surface area contributed by atoms with Gasteiger partial charge in [0, 0.05) is 0 Å². The highest BCUT2D eigenvalue weighted by atomic mass is 32.2. The van der Waals surface area contributed by atoms with E-state index in [9.17, 15) is 22.8 Å². The van der Waals surface area contributed by atoms with Crippen LogP contribution in [-0.2, 0) is 24.3 Å². The average Bonchev–Trinajstić information content (AvgIpc) is 2.71. The highest BCUT2D eigenvalue weighted by Gasteiger charge is 2.32. The Morgan fingerprint density at radius 1 is 0.724 bits per heavy atom. The largest absolute Gasteiger partial charge is 0.465 e.